The Kier molecular flexibility index (Phi) is 5.56. The van der Waals surface area contributed by atoms with Crippen molar-refractivity contribution in [3.8, 4) is 0 Å². The van der Waals surface area contributed by atoms with Gasteiger partial charge in [-0.25, -0.2) is 8.42 Å². The molecule has 0 radical (unpaired) electrons. The Labute approximate surface area is 120 Å². The van der Waals surface area contributed by atoms with E-state index in [9.17, 15) is 13.2 Å². The van der Waals surface area contributed by atoms with Gasteiger partial charge >= 0.3 is 5.97 Å². The van der Waals surface area contributed by atoms with Gasteiger partial charge in [-0.2, -0.15) is 0 Å². The number of aryl methyl sites for hydroxylation is 2. The van der Waals surface area contributed by atoms with Gasteiger partial charge in [0.05, 0.1) is 11.4 Å². The van der Waals surface area contributed by atoms with Crippen molar-refractivity contribution in [3.05, 3.63) is 29.3 Å². The third-order valence-corrected chi connectivity index (χ3v) is 4.87. The lowest BCUT2D eigenvalue weighted by molar-refractivity contribution is -0.137. The molecular formula is C14H21NO4S. The maximum absolute atomic E-state index is 12.2. The fourth-order valence-corrected chi connectivity index (χ4v) is 3.14. The Morgan fingerprint density at radius 1 is 1.30 bits per heavy atom. The fourth-order valence-electron chi connectivity index (χ4n) is 1.93. The third-order valence-electron chi connectivity index (χ3n) is 3.09. The summed E-state index contributed by atoms with van der Waals surface area (Å²) in [4.78, 5) is 10.6. The molecule has 0 saturated carbocycles. The number of rotatable bonds is 7. The summed E-state index contributed by atoms with van der Waals surface area (Å²) in [6, 6.07) is 5.62. The van der Waals surface area contributed by atoms with Crippen molar-refractivity contribution in [3.63, 3.8) is 0 Å². The molecule has 0 heterocycles. The number of benzene rings is 1. The number of nitrogens with zero attached hydrogens (tertiary/aromatic N) is 1. The predicted molar refractivity (Wildman–Crippen MR) is 79.6 cm³/mol. The van der Waals surface area contributed by atoms with Gasteiger partial charge in [-0.05, 0) is 44.4 Å². The van der Waals surface area contributed by atoms with Crippen LogP contribution < -0.4 is 4.31 Å². The number of aliphatic carboxylic acids is 1. The van der Waals surface area contributed by atoms with Crippen LogP contribution in [0.3, 0.4) is 0 Å². The van der Waals surface area contributed by atoms with Gasteiger partial charge in [0.25, 0.3) is 0 Å². The third kappa shape index (κ3) is 4.23. The van der Waals surface area contributed by atoms with E-state index in [4.69, 9.17) is 5.11 Å². The number of sulfonamides is 1. The van der Waals surface area contributed by atoms with Gasteiger partial charge in [-0.1, -0.05) is 12.1 Å². The molecule has 0 saturated heterocycles. The quantitative estimate of drug-likeness (QED) is 0.838. The molecule has 0 aromatic heterocycles. The second-order valence-electron chi connectivity index (χ2n) is 4.76. The molecule has 0 atom stereocenters. The van der Waals surface area contributed by atoms with Crippen LogP contribution in [0.1, 0.15) is 30.9 Å². The Morgan fingerprint density at radius 3 is 2.50 bits per heavy atom. The highest BCUT2D eigenvalue weighted by atomic mass is 32.2. The Hall–Kier alpha value is -1.56. The number of anilines is 1. The lowest BCUT2D eigenvalue weighted by atomic mass is 10.1. The lowest BCUT2D eigenvalue weighted by Crippen LogP contribution is -2.34. The van der Waals surface area contributed by atoms with Crippen molar-refractivity contribution in [1.29, 1.82) is 0 Å². The van der Waals surface area contributed by atoms with Gasteiger partial charge in [0, 0.05) is 13.0 Å². The van der Waals surface area contributed by atoms with E-state index in [0.29, 0.717) is 12.1 Å². The number of hydrogen-bond donors (Lipinski definition) is 1. The van der Waals surface area contributed by atoms with Crippen LogP contribution in [0, 0.1) is 13.8 Å². The van der Waals surface area contributed by atoms with Gasteiger partial charge in [0.2, 0.25) is 10.0 Å². The molecule has 0 bridgehead atoms. The summed E-state index contributed by atoms with van der Waals surface area (Å²) in [5, 5.41) is 8.69. The molecule has 0 fully saturated rings. The number of hydrogen-bond acceptors (Lipinski definition) is 3. The summed E-state index contributed by atoms with van der Waals surface area (Å²) in [6.45, 7) is 5.53. The van der Waals surface area contributed by atoms with E-state index in [1.165, 1.54) is 4.31 Å². The van der Waals surface area contributed by atoms with Crippen LogP contribution in [0.2, 0.25) is 0 Å². The summed E-state index contributed by atoms with van der Waals surface area (Å²) in [7, 11) is -3.41. The molecule has 0 aliphatic heterocycles. The fraction of sp³-hybridized carbons (Fsp3) is 0.500. The predicted octanol–water partition coefficient (Wildman–Crippen LogP) is 2.32. The van der Waals surface area contributed by atoms with Crippen molar-refractivity contribution >= 4 is 21.7 Å². The number of carboxylic acids is 1. The van der Waals surface area contributed by atoms with Gasteiger partial charge in [-0.3, -0.25) is 9.10 Å². The highest BCUT2D eigenvalue weighted by molar-refractivity contribution is 7.92. The van der Waals surface area contributed by atoms with Crippen molar-refractivity contribution < 1.29 is 18.3 Å². The topological polar surface area (TPSA) is 74.7 Å². The second kappa shape index (κ2) is 6.74. The van der Waals surface area contributed by atoms with Crippen LogP contribution in [-0.2, 0) is 14.8 Å². The van der Waals surface area contributed by atoms with E-state index >= 15 is 0 Å². The monoisotopic (exact) mass is 299 g/mol. The molecule has 5 nitrogen and oxygen atoms in total. The van der Waals surface area contributed by atoms with Crippen LogP contribution in [0.5, 0.6) is 0 Å². The molecule has 1 aromatic rings. The molecule has 1 N–H and O–H groups in total. The zero-order valence-corrected chi connectivity index (χ0v) is 12.9. The van der Waals surface area contributed by atoms with Crippen molar-refractivity contribution in [1.82, 2.24) is 0 Å². The van der Waals surface area contributed by atoms with E-state index in [1.807, 2.05) is 32.0 Å². The van der Waals surface area contributed by atoms with Crippen LogP contribution in [0.4, 0.5) is 5.69 Å². The number of carbonyl (C=O) groups is 1. The average Bonchev–Trinajstić information content (AvgIpc) is 2.37. The molecule has 0 amide bonds. The minimum absolute atomic E-state index is 0.00649. The van der Waals surface area contributed by atoms with E-state index < -0.39 is 16.0 Å². The van der Waals surface area contributed by atoms with E-state index in [-0.39, 0.29) is 18.7 Å². The second-order valence-corrected chi connectivity index (χ2v) is 6.94. The van der Waals surface area contributed by atoms with E-state index in [2.05, 4.69) is 0 Å². The average molecular weight is 299 g/mol. The molecule has 1 rings (SSSR count). The minimum atomic E-state index is -3.41. The van der Waals surface area contributed by atoms with Crippen LogP contribution in [0.25, 0.3) is 0 Å². The maximum atomic E-state index is 12.2. The SMILES string of the molecule is CCS(=O)(=O)N(CCCC(=O)O)c1cc(C)ccc1C. The Bertz CT molecular complexity index is 581. The van der Waals surface area contributed by atoms with Crippen molar-refractivity contribution in [2.24, 2.45) is 0 Å². The van der Waals surface area contributed by atoms with Crippen LogP contribution in [0.15, 0.2) is 18.2 Å². The van der Waals surface area contributed by atoms with E-state index in [1.54, 1.807) is 6.92 Å². The molecule has 6 heteroatoms. The zero-order valence-electron chi connectivity index (χ0n) is 12.1. The molecule has 0 aliphatic rings. The Morgan fingerprint density at radius 2 is 1.95 bits per heavy atom. The summed E-state index contributed by atoms with van der Waals surface area (Å²) < 4.78 is 25.8. The largest absolute Gasteiger partial charge is 0.481 e. The van der Waals surface area contributed by atoms with Crippen LogP contribution >= 0.6 is 0 Å². The van der Waals surface area contributed by atoms with Crippen LogP contribution in [-0.4, -0.2) is 31.8 Å². The minimum Gasteiger partial charge on any atom is -0.481 e. The first-order valence-corrected chi connectivity index (χ1v) is 8.18. The highest BCUT2D eigenvalue weighted by Crippen LogP contribution is 2.25. The first kappa shape index (κ1) is 16.5. The standard InChI is InChI=1S/C14H21NO4S/c1-4-20(18,19)15(9-5-6-14(16)17)13-10-11(2)7-8-12(13)3/h7-8,10H,4-6,9H2,1-3H3,(H,16,17). The summed E-state index contributed by atoms with van der Waals surface area (Å²) in [6.07, 6.45) is 0.253. The van der Waals surface area contributed by atoms with Gasteiger partial charge in [0.15, 0.2) is 0 Å². The molecule has 0 spiro atoms. The summed E-state index contributed by atoms with van der Waals surface area (Å²) in [5.41, 5.74) is 2.47. The first-order valence-electron chi connectivity index (χ1n) is 6.57. The normalized spacial score (nSPS) is 11.3. The molecule has 1 aromatic carbocycles. The highest BCUT2D eigenvalue weighted by Gasteiger charge is 2.22. The molecule has 0 aliphatic carbocycles. The molecule has 112 valence electrons. The van der Waals surface area contributed by atoms with Crippen molar-refractivity contribution in [2.75, 3.05) is 16.6 Å². The zero-order chi connectivity index (χ0) is 15.3. The smallest absolute Gasteiger partial charge is 0.303 e. The summed E-state index contributed by atoms with van der Waals surface area (Å²) in [5.74, 6) is -0.923. The van der Waals surface area contributed by atoms with Gasteiger partial charge in [0.1, 0.15) is 0 Å². The molecule has 0 unspecified atom stereocenters. The van der Waals surface area contributed by atoms with Crippen molar-refractivity contribution in [2.45, 2.75) is 33.6 Å². The first-order chi connectivity index (χ1) is 9.27. The molecular weight excluding hydrogens is 278 g/mol. The maximum Gasteiger partial charge on any atom is 0.303 e. The summed E-state index contributed by atoms with van der Waals surface area (Å²) >= 11 is 0. The lowest BCUT2D eigenvalue weighted by Gasteiger charge is -2.25. The van der Waals surface area contributed by atoms with Gasteiger partial charge in [-0.15, -0.1) is 0 Å². The molecule has 20 heavy (non-hydrogen) atoms. The number of carboxylic acid groups (broad SMARTS) is 1. The Balaban J connectivity index is 3.10. The van der Waals surface area contributed by atoms with Gasteiger partial charge < -0.3 is 5.11 Å². The van der Waals surface area contributed by atoms with E-state index in [0.717, 1.165) is 11.1 Å².